The van der Waals surface area contributed by atoms with Gasteiger partial charge < -0.3 is 5.32 Å². The Morgan fingerprint density at radius 3 is 3.00 bits per heavy atom. The predicted octanol–water partition coefficient (Wildman–Crippen LogP) is 2.51. The van der Waals surface area contributed by atoms with Crippen LogP contribution in [0.2, 0.25) is 0 Å². The van der Waals surface area contributed by atoms with E-state index in [0.717, 1.165) is 36.8 Å². The van der Waals surface area contributed by atoms with Gasteiger partial charge in [-0.15, -0.1) is 0 Å². The van der Waals surface area contributed by atoms with E-state index in [1.54, 1.807) is 0 Å². The second-order valence-electron chi connectivity index (χ2n) is 5.50. The molecule has 3 rings (SSSR count). The van der Waals surface area contributed by atoms with E-state index in [1.165, 1.54) is 24.9 Å². The lowest BCUT2D eigenvalue weighted by molar-refractivity contribution is 0.376. The van der Waals surface area contributed by atoms with Crippen LogP contribution in [0.25, 0.3) is 11.4 Å². The van der Waals surface area contributed by atoms with Crippen LogP contribution in [0.4, 0.5) is 0 Å². The molecule has 0 bridgehead atoms. The fourth-order valence-electron chi connectivity index (χ4n) is 2.93. The van der Waals surface area contributed by atoms with Crippen LogP contribution in [0.5, 0.6) is 0 Å². The van der Waals surface area contributed by atoms with Gasteiger partial charge in [0.1, 0.15) is 0 Å². The highest BCUT2D eigenvalue weighted by atomic mass is 15.3. The number of nitrogens with one attached hydrogen (secondary N) is 1. The summed E-state index contributed by atoms with van der Waals surface area (Å²) in [5.41, 5.74) is 3.44. The van der Waals surface area contributed by atoms with Crippen molar-refractivity contribution in [3.8, 4) is 11.4 Å². The highest BCUT2D eigenvalue weighted by Gasteiger charge is 2.14. The van der Waals surface area contributed by atoms with Crippen molar-refractivity contribution in [3.63, 3.8) is 0 Å². The molecule has 2 aromatic rings. The van der Waals surface area contributed by atoms with E-state index < -0.39 is 0 Å². The summed E-state index contributed by atoms with van der Waals surface area (Å²) in [5, 5.41) is 7.77. The van der Waals surface area contributed by atoms with Crippen LogP contribution in [-0.4, -0.2) is 27.9 Å². The van der Waals surface area contributed by atoms with Gasteiger partial charge in [0.25, 0.3) is 0 Å². The largest absolute Gasteiger partial charge is 0.316 e. The van der Waals surface area contributed by atoms with Crippen molar-refractivity contribution in [1.29, 1.82) is 0 Å². The van der Waals surface area contributed by atoms with Crippen molar-refractivity contribution in [3.05, 3.63) is 36.2 Å². The minimum atomic E-state index is 0.762. The fraction of sp³-hybridized carbons (Fsp3) is 0.500. The molecule has 3 heterocycles. The number of piperidine rings is 1. The Hall–Kier alpha value is -1.68. The summed E-state index contributed by atoms with van der Waals surface area (Å²) >= 11 is 0. The molecule has 1 atom stereocenters. The maximum atomic E-state index is 4.61. The molecule has 1 saturated heterocycles. The molecule has 1 unspecified atom stereocenters. The number of pyridine rings is 1. The first-order valence-electron chi connectivity index (χ1n) is 7.54. The minimum absolute atomic E-state index is 0.762. The summed E-state index contributed by atoms with van der Waals surface area (Å²) in [7, 11) is 0. The summed E-state index contributed by atoms with van der Waals surface area (Å²) in [5.74, 6) is 0.762. The second kappa shape index (κ2) is 6.18. The Morgan fingerprint density at radius 1 is 1.35 bits per heavy atom. The Kier molecular flexibility index (Phi) is 4.11. The van der Waals surface area contributed by atoms with Crippen molar-refractivity contribution in [2.75, 3.05) is 13.1 Å². The van der Waals surface area contributed by atoms with Crippen LogP contribution in [0.1, 0.15) is 25.3 Å². The number of rotatable bonds is 4. The van der Waals surface area contributed by atoms with Gasteiger partial charge in [0.15, 0.2) is 0 Å². The zero-order chi connectivity index (χ0) is 13.8. The number of hydrogen-bond acceptors (Lipinski definition) is 3. The number of aryl methyl sites for hydroxylation is 1. The molecule has 4 heteroatoms. The van der Waals surface area contributed by atoms with Gasteiger partial charge in [0.05, 0.1) is 11.4 Å². The van der Waals surface area contributed by atoms with Gasteiger partial charge in [-0.3, -0.25) is 9.67 Å². The predicted molar refractivity (Wildman–Crippen MR) is 80.4 cm³/mol. The Morgan fingerprint density at radius 2 is 2.30 bits per heavy atom. The topological polar surface area (TPSA) is 42.7 Å². The van der Waals surface area contributed by atoms with Gasteiger partial charge in [-0.05, 0) is 62.9 Å². The highest BCUT2D eigenvalue weighted by Crippen LogP contribution is 2.19. The number of aromatic nitrogens is 3. The highest BCUT2D eigenvalue weighted by molar-refractivity contribution is 5.54. The molecule has 20 heavy (non-hydrogen) atoms. The van der Waals surface area contributed by atoms with Gasteiger partial charge in [-0.25, -0.2) is 0 Å². The standard InChI is InChI=1S/C16H22N4/c1-2-20-16(7-9-19-20)15-6-5-14(12-18-15)10-13-4-3-8-17-11-13/h5-7,9,12-13,17H,2-4,8,10-11H2,1H3. The van der Waals surface area contributed by atoms with Crippen LogP contribution in [0, 0.1) is 5.92 Å². The van der Waals surface area contributed by atoms with E-state index in [2.05, 4.69) is 34.5 Å². The lowest BCUT2D eigenvalue weighted by Gasteiger charge is -2.22. The molecule has 1 fully saturated rings. The average molecular weight is 270 g/mol. The zero-order valence-corrected chi connectivity index (χ0v) is 12.0. The van der Waals surface area contributed by atoms with Crippen molar-refractivity contribution in [2.24, 2.45) is 5.92 Å². The average Bonchev–Trinajstić information content (AvgIpc) is 2.98. The molecule has 0 saturated carbocycles. The Bertz CT molecular complexity index is 538. The molecule has 0 radical (unpaired) electrons. The molecule has 1 aliphatic heterocycles. The molecular formula is C16H22N4. The van der Waals surface area contributed by atoms with E-state index >= 15 is 0 Å². The van der Waals surface area contributed by atoms with Gasteiger partial charge in [-0.1, -0.05) is 6.07 Å². The van der Waals surface area contributed by atoms with Gasteiger partial charge >= 0.3 is 0 Å². The summed E-state index contributed by atoms with van der Waals surface area (Å²) in [4.78, 5) is 4.61. The fourth-order valence-corrected chi connectivity index (χ4v) is 2.93. The molecule has 4 nitrogen and oxygen atoms in total. The van der Waals surface area contributed by atoms with Crippen LogP contribution >= 0.6 is 0 Å². The molecule has 106 valence electrons. The molecule has 1 N–H and O–H groups in total. The molecule has 0 spiro atoms. The van der Waals surface area contributed by atoms with Crippen LogP contribution in [0.15, 0.2) is 30.6 Å². The summed E-state index contributed by atoms with van der Waals surface area (Å²) in [6, 6.07) is 6.36. The maximum Gasteiger partial charge on any atom is 0.0883 e. The lowest BCUT2D eigenvalue weighted by Crippen LogP contribution is -2.30. The first-order valence-corrected chi connectivity index (χ1v) is 7.54. The molecule has 2 aromatic heterocycles. The van der Waals surface area contributed by atoms with Gasteiger partial charge in [0, 0.05) is 18.9 Å². The van der Waals surface area contributed by atoms with Crippen molar-refractivity contribution in [2.45, 2.75) is 32.7 Å². The monoisotopic (exact) mass is 270 g/mol. The first kappa shape index (κ1) is 13.3. The molecule has 0 aliphatic carbocycles. The molecule has 0 amide bonds. The van der Waals surface area contributed by atoms with E-state index in [1.807, 2.05) is 23.1 Å². The second-order valence-corrected chi connectivity index (χ2v) is 5.50. The van der Waals surface area contributed by atoms with Crippen molar-refractivity contribution in [1.82, 2.24) is 20.1 Å². The smallest absolute Gasteiger partial charge is 0.0883 e. The Labute approximate surface area is 120 Å². The quantitative estimate of drug-likeness (QED) is 0.928. The van der Waals surface area contributed by atoms with E-state index in [9.17, 15) is 0 Å². The zero-order valence-electron chi connectivity index (χ0n) is 12.0. The van der Waals surface area contributed by atoms with E-state index in [-0.39, 0.29) is 0 Å². The van der Waals surface area contributed by atoms with Crippen LogP contribution in [0.3, 0.4) is 0 Å². The summed E-state index contributed by atoms with van der Waals surface area (Å²) in [6.45, 7) is 5.29. The first-order chi connectivity index (χ1) is 9.86. The van der Waals surface area contributed by atoms with Gasteiger partial charge in [0.2, 0.25) is 0 Å². The van der Waals surface area contributed by atoms with Crippen molar-refractivity contribution >= 4 is 0 Å². The SMILES string of the molecule is CCn1nccc1-c1ccc(CC2CCCNC2)cn1. The van der Waals surface area contributed by atoms with Gasteiger partial charge in [-0.2, -0.15) is 5.10 Å². The number of hydrogen-bond donors (Lipinski definition) is 1. The summed E-state index contributed by atoms with van der Waals surface area (Å²) in [6.07, 6.45) is 7.62. The Balaban J connectivity index is 1.71. The molecular weight excluding hydrogens is 248 g/mol. The van der Waals surface area contributed by atoms with E-state index in [4.69, 9.17) is 0 Å². The number of nitrogens with zero attached hydrogens (tertiary/aromatic N) is 3. The van der Waals surface area contributed by atoms with Crippen molar-refractivity contribution < 1.29 is 0 Å². The molecule has 0 aromatic carbocycles. The third-order valence-corrected chi connectivity index (χ3v) is 4.03. The lowest BCUT2D eigenvalue weighted by atomic mass is 9.93. The third-order valence-electron chi connectivity index (χ3n) is 4.03. The normalized spacial score (nSPS) is 19.1. The maximum absolute atomic E-state index is 4.61. The minimum Gasteiger partial charge on any atom is -0.316 e. The third kappa shape index (κ3) is 2.90. The van der Waals surface area contributed by atoms with E-state index in [0.29, 0.717) is 0 Å². The summed E-state index contributed by atoms with van der Waals surface area (Å²) < 4.78 is 1.98. The van der Waals surface area contributed by atoms with Crippen LogP contribution in [-0.2, 0) is 13.0 Å². The molecule has 1 aliphatic rings. The van der Waals surface area contributed by atoms with Crippen LogP contribution < -0.4 is 5.32 Å².